The summed E-state index contributed by atoms with van der Waals surface area (Å²) in [5.41, 5.74) is 0. The number of ether oxygens (including phenoxy) is 2. The summed E-state index contributed by atoms with van der Waals surface area (Å²) in [4.78, 5) is 13.3. The van der Waals surface area contributed by atoms with Crippen LogP contribution in [0.5, 0.6) is 5.75 Å². The average Bonchev–Trinajstić information content (AvgIpc) is 2.42. The topological polar surface area (TPSA) is 38.8 Å². The van der Waals surface area contributed by atoms with Gasteiger partial charge >= 0.3 is 6.09 Å². The third kappa shape index (κ3) is 4.13. The van der Waals surface area contributed by atoms with Gasteiger partial charge in [0, 0.05) is 30.4 Å². The number of rotatable bonds is 3. The van der Waals surface area contributed by atoms with Gasteiger partial charge in [0.1, 0.15) is 11.9 Å². The largest absolute Gasteiger partial charge is 0.490 e. The minimum Gasteiger partial charge on any atom is -0.490 e. The zero-order chi connectivity index (χ0) is 13.7. The lowest BCUT2D eigenvalue weighted by molar-refractivity contribution is 0.0703. The molecule has 0 N–H and O–H groups in total. The van der Waals surface area contributed by atoms with Gasteiger partial charge in [0.2, 0.25) is 0 Å². The molecule has 0 saturated carbocycles. The van der Waals surface area contributed by atoms with Crippen molar-refractivity contribution in [3.05, 3.63) is 28.7 Å². The molecule has 0 aliphatic carbocycles. The van der Waals surface area contributed by atoms with Crippen LogP contribution in [-0.4, -0.2) is 36.8 Å². The van der Waals surface area contributed by atoms with E-state index in [4.69, 9.17) is 9.47 Å². The maximum absolute atomic E-state index is 11.6. The normalized spacial score (nSPS) is 16.2. The fraction of sp³-hybridized carbons (Fsp3) is 0.500. The molecule has 0 bridgehead atoms. The molecule has 0 radical (unpaired) electrons. The lowest BCUT2D eigenvalue weighted by atomic mass is 10.1. The number of likely N-dealkylation sites (tertiary alicyclic amines) is 1. The van der Waals surface area contributed by atoms with Crippen molar-refractivity contribution >= 4 is 22.0 Å². The van der Waals surface area contributed by atoms with E-state index in [1.807, 2.05) is 31.2 Å². The van der Waals surface area contributed by atoms with E-state index in [1.165, 1.54) is 0 Å². The second-order valence-corrected chi connectivity index (χ2v) is 5.37. The highest BCUT2D eigenvalue weighted by atomic mass is 79.9. The highest BCUT2D eigenvalue weighted by Crippen LogP contribution is 2.21. The smallest absolute Gasteiger partial charge is 0.409 e. The monoisotopic (exact) mass is 327 g/mol. The van der Waals surface area contributed by atoms with Crippen molar-refractivity contribution < 1.29 is 14.3 Å². The minimum atomic E-state index is -0.218. The van der Waals surface area contributed by atoms with Crippen LogP contribution in [0.1, 0.15) is 19.8 Å². The van der Waals surface area contributed by atoms with Crippen molar-refractivity contribution in [3.8, 4) is 5.75 Å². The van der Waals surface area contributed by atoms with Crippen LogP contribution in [0.4, 0.5) is 4.79 Å². The lowest BCUT2D eigenvalue weighted by Crippen LogP contribution is -2.42. The summed E-state index contributed by atoms with van der Waals surface area (Å²) in [6, 6.07) is 7.82. The summed E-state index contributed by atoms with van der Waals surface area (Å²) in [7, 11) is 0. The molecule has 2 rings (SSSR count). The maximum Gasteiger partial charge on any atom is 0.409 e. The molecule has 4 nitrogen and oxygen atoms in total. The molecular formula is C14H18BrNO3. The number of hydrogen-bond donors (Lipinski definition) is 0. The van der Waals surface area contributed by atoms with E-state index in [0.717, 1.165) is 23.1 Å². The van der Waals surface area contributed by atoms with Crippen molar-refractivity contribution in [3.63, 3.8) is 0 Å². The number of amides is 1. The van der Waals surface area contributed by atoms with Crippen LogP contribution in [0.15, 0.2) is 28.7 Å². The van der Waals surface area contributed by atoms with Crippen molar-refractivity contribution in [2.45, 2.75) is 25.9 Å². The van der Waals surface area contributed by atoms with Crippen molar-refractivity contribution in [1.82, 2.24) is 4.90 Å². The summed E-state index contributed by atoms with van der Waals surface area (Å²) in [5.74, 6) is 0.873. The average molecular weight is 328 g/mol. The zero-order valence-corrected chi connectivity index (χ0v) is 12.6. The Morgan fingerprint density at radius 2 is 1.95 bits per heavy atom. The highest BCUT2D eigenvalue weighted by Gasteiger charge is 2.24. The molecule has 1 aliphatic heterocycles. The molecule has 1 aromatic rings. The third-order valence-corrected chi connectivity index (χ3v) is 3.61. The number of halogens is 1. The summed E-state index contributed by atoms with van der Waals surface area (Å²) in [5, 5.41) is 0. The van der Waals surface area contributed by atoms with Crippen LogP contribution in [0.2, 0.25) is 0 Å². The SMILES string of the molecule is CCOC(=O)N1CCC(Oc2ccc(Br)cc2)CC1. The van der Waals surface area contributed by atoms with Gasteiger partial charge in [-0.15, -0.1) is 0 Å². The standard InChI is InChI=1S/C14H18BrNO3/c1-2-18-14(17)16-9-7-13(8-10-16)19-12-5-3-11(15)4-6-12/h3-6,13H,2,7-10H2,1H3. The van der Waals surface area contributed by atoms with Gasteiger partial charge in [-0.25, -0.2) is 4.79 Å². The predicted molar refractivity (Wildman–Crippen MR) is 76.4 cm³/mol. The number of hydrogen-bond acceptors (Lipinski definition) is 3. The zero-order valence-electron chi connectivity index (χ0n) is 11.0. The highest BCUT2D eigenvalue weighted by molar-refractivity contribution is 9.10. The number of carbonyl (C=O) groups is 1. The van der Waals surface area contributed by atoms with Crippen LogP contribution in [0.25, 0.3) is 0 Å². The second kappa shape index (κ2) is 6.80. The number of carbonyl (C=O) groups excluding carboxylic acids is 1. The summed E-state index contributed by atoms with van der Waals surface area (Å²) >= 11 is 3.40. The Hall–Kier alpha value is -1.23. The van der Waals surface area contributed by atoms with Gasteiger partial charge in [-0.05, 0) is 31.2 Å². The van der Waals surface area contributed by atoms with Crippen LogP contribution in [-0.2, 0) is 4.74 Å². The summed E-state index contributed by atoms with van der Waals surface area (Å²) in [6.45, 7) is 3.63. The van der Waals surface area contributed by atoms with E-state index in [0.29, 0.717) is 19.7 Å². The fourth-order valence-electron chi connectivity index (χ4n) is 2.08. The second-order valence-electron chi connectivity index (χ2n) is 4.46. The van der Waals surface area contributed by atoms with E-state index >= 15 is 0 Å². The van der Waals surface area contributed by atoms with E-state index in [-0.39, 0.29) is 12.2 Å². The summed E-state index contributed by atoms with van der Waals surface area (Å²) < 4.78 is 11.9. The first-order valence-corrected chi connectivity index (χ1v) is 7.32. The molecular weight excluding hydrogens is 310 g/mol. The van der Waals surface area contributed by atoms with E-state index < -0.39 is 0 Å². The van der Waals surface area contributed by atoms with Gasteiger partial charge in [0.25, 0.3) is 0 Å². The maximum atomic E-state index is 11.6. The molecule has 0 unspecified atom stereocenters. The van der Waals surface area contributed by atoms with E-state index in [2.05, 4.69) is 15.9 Å². The van der Waals surface area contributed by atoms with Crippen LogP contribution in [0, 0.1) is 0 Å². The minimum absolute atomic E-state index is 0.173. The Morgan fingerprint density at radius 3 is 2.53 bits per heavy atom. The van der Waals surface area contributed by atoms with E-state index in [9.17, 15) is 4.79 Å². The first-order valence-electron chi connectivity index (χ1n) is 6.53. The Kier molecular flexibility index (Phi) is 5.07. The van der Waals surface area contributed by atoms with Crippen LogP contribution < -0.4 is 4.74 Å². The molecule has 1 heterocycles. The van der Waals surface area contributed by atoms with Gasteiger partial charge in [-0.3, -0.25) is 0 Å². The molecule has 0 spiro atoms. The first kappa shape index (κ1) is 14.2. The molecule has 1 aliphatic rings. The predicted octanol–water partition coefficient (Wildman–Crippen LogP) is 3.45. The van der Waals surface area contributed by atoms with Gasteiger partial charge < -0.3 is 14.4 Å². The molecule has 0 aromatic heterocycles. The van der Waals surface area contributed by atoms with Crippen LogP contribution in [0.3, 0.4) is 0 Å². The molecule has 19 heavy (non-hydrogen) atoms. The number of benzene rings is 1. The quantitative estimate of drug-likeness (QED) is 0.853. The fourth-order valence-corrected chi connectivity index (χ4v) is 2.34. The molecule has 1 amide bonds. The van der Waals surface area contributed by atoms with Gasteiger partial charge in [0.05, 0.1) is 6.61 Å². The molecule has 1 fully saturated rings. The molecule has 0 atom stereocenters. The Labute approximate surface area is 121 Å². The molecule has 1 saturated heterocycles. The van der Waals surface area contributed by atoms with Crippen molar-refractivity contribution in [2.24, 2.45) is 0 Å². The van der Waals surface area contributed by atoms with Gasteiger partial charge in [-0.1, -0.05) is 15.9 Å². The Bertz CT molecular complexity index is 413. The molecule has 104 valence electrons. The first-order chi connectivity index (χ1) is 9.19. The summed E-state index contributed by atoms with van der Waals surface area (Å²) in [6.07, 6.45) is 1.64. The number of piperidine rings is 1. The Morgan fingerprint density at radius 1 is 1.32 bits per heavy atom. The molecule has 1 aromatic carbocycles. The third-order valence-electron chi connectivity index (χ3n) is 3.08. The Balaban J connectivity index is 1.80. The van der Waals surface area contributed by atoms with Crippen molar-refractivity contribution in [2.75, 3.05) is 19.7 Å². The van der Waals surface area contributed by atoms with Crippen molar-refractivity contribution in [1.29, 1.82) is 0 Å². The van der Waals surface area contributed by atoms with E-state index in [1.54, 1.807) is 4.90 Å². The number of nitrogens with zero attached hydrogens (tertiary/aromatic N) is 1. The lowest BCUT2D eigenvalue weighted by Gasteiger charge is -2.31. The van der Waals surface area contributed by atoms with Gasteiger partial charge in [0.15, 0.2) is 0 Å². The van der Waals surface area contributed by atoms with Crippen LogP contribution >= 0.6 is 15.9 Å². The van der Waals surface area contributed by atoms with Gasteiger partial charge in [-0.2, -0.15) is 0 Å². The molecule has 5 heteroatoms.